The lowest BCUT2D eigenvalue weighted by Crippen LogP contribution is -2.46. The SMILES string of the molecule is C[C@@H]1CCCC[C@@H]1NC(=O)[C@@H](C)OC(=O)COc1ccccc1F. The lowest BCUT2D eigenvalue weighted by Gasteiger charge is -2.30. The number of carbonyl (C=O) groups excluding carboxylic acids is 2. The Morgan fingerprint density at radius 1 is 1.29 bits per heavy atom. The highest BCUT2D eigenvalue weighted by Crippen LogP contribution is 2.23. The standard InChI is InChI=1S/C18H24FNO4/c1-12-7-3-5-9-15(12)20-18(22)13(2)24-17(21)11-23-16-10-6-4-8-14(16)19/h4,6,8,10,12-13,15H,3,5,7,9,11H2,1-2H3,(H,20,22)/t12-,13-,15+/m1/s1. The molecule has 0 bridgehead atoms. The van der Waals surface area contributed by atoms with Gasteiger partial charge in [0.05, 0.1) is 0 Å². The van der Waals surface area contributed by atoms with Crippen molar-refractivity contribution >= 4 is 11.9 Å². The molecule has 3 atom stereocenters. The summed E-state index contributed by atoms with van der Waals surface area (Å²) in [4.78, 5) is 23.9. The topological polar surface area (TPSA) is 64.6 Å². The molecule has 5 nitrogen and oxygen atoms in total. The number of carbonyl (C=O) groups is 2. The van der Waals surface area contributed by atoms with Gasteiger partial charge in [0.15, 0.2) is 24.3 Å². The molecule has 1 N–H and O–H groups in total. The second-order valence-electron chi connectivity index (χ2n) is 6.23. The van der Waals surface area contributed by atoms with E-state index in [4.69, 9.17) is 9.47 Å². The van der Waals surface area contributed by atoms with Crippen LogP contribution in [0.25, 0.3) is 0 Å². The number of halogens is 1. The van der Waals surface area contributed by atoms with Crippen LogP contribution in [0.5, 0.6) is 5.75 Å². The molecule has 1 aromatic carbocycles. The summed E-state index contributed by atoms with van der Waals surface area (Å²) in [5.74, 6) is -1.18. The summed E-state index contributed by atoms with van der Waals surface area (Å²) in [6.07, 6.45) is 3.42. The largest absolute Gasteiger partial charge is 0.479 e. The Morgan fingerprint density at radius 3 is 2.71 bits per heavy atom. The molecule has 2 rings (SSSR count). The Bertz CT molecular complexity index is 578. The molecule has 0 spiro atoms. The van der Waals surface area contributed by atoms with E-state index < -0.39 is 24.5 Å². The van der Waals surface area contributed by atoms with E-state index in [1.807, 2.05) is 0 Å². The van der Waals surface area contributed by atoms with Crippen LogP contribution in [0.1, 0.15) is 39.5 Å². The van der Waals surface area contributed by atoms with E-state index in [1.165, 1.54) is 31.5 Å². The first kappa shape index (κ1) is 18.2. The quantitative estimate of drug-likeness (QED) is 0.811. The molecule has 1 aliphatic carbocycles. The van der Waals surface area contributed by atoms with Crippen molar-refractivity contribution in [1.82, 2.24) is 5.32 Å². The highest BCUT2D eigenvalue weighted by Gasteiger charge is 2.26. The summed E-state index contributed by atoms with van der Waals surface area (Å²) < 4.78 is 23.5. The van der Waals surface area contributed by atoms with E-state index in [-0.39, 0.29) is 17.7 Å². The minimum atomic E-state index is -0.907. The van der Waals surface area contributed by atoms with Crippen molar-refractivity contribution in [3.8, 4) is 5.75 Å². The molecule has 1 amide bonds. The van der Waals surface area contributed by atoms with E-state index in [0.717, 1.165) is 19.3 Å². The molecule has 0 saturated heterocycles. The maximum absolute atomic E-state index is 13.4. The Labute approximate surface area is 141 Å². The Hall–Kier alpha value is -2.11. The fourth-order valence-corrected chi connectivity index (χ4v) is 2.81. The van der Waals surface area contributed by atoms with Gasteiger partial charge in [0.1, 0.15) is 0 Å². The van der Waals surface area contributed by atoms with E-state index in [2.05, 4.69) is 12.2 Å². The molecule has 132 valence electrons. The average molecular weight is 337 g/mol. The normalized spacial score (nSPS) is 21.6. The molecule has 0 heterocycles. The van der Waals surface area contributed by atoms with Gasteiger partial charge in [-0.25, -0.2) is 9.18 Å². The number of para-hydroxylation sites is 1. The molecule has 24 heavy (non-hydrogen) atoms. The lowest BCUT2D eigenvalue weighted by atomic mass is 9.86. The van der Waals surface area contributed by atoms with Crippen LogP contribution < -0.4 is 10.1 Å². The molecule has 1 aromatic rings. The van der Waals surface area contributed by atoms with Crippen LogP contribution >= 0.6 is 0 Å². The number of hydrogen-bond acceptors (Lipinski definition) is 4. The van der Waals surface area contributed by atoms with Crippen molar-refractivity contribution in [3.63, 3.8) is 0 Å². The van der Waals surface area contributed by atoms with Crippen LogP contribution in [0, 0.1) is 11.7 Å². The summed E-state index contributed by atoms with van der Waals surface area (Å²) in [5, 5.41) is 2.94. The van der Waals surface area contributed by atoms with Crippen molar-refractivity contribution in [2.75, 3.05) is 6.61 Å². The van der Waals surface area contributed by atoms with Gasteiger partial charge in [0.2, 0.25) is 0 Å². The second kappa shape index (κ2) is 8.66. The maximum atomic E-state index is 13.4. The van der Waals surface area contributed by atoms with E-state index in [0.29, 0.717) is 5.92 Å². The van der Waals surface area contributed by atoms with E-state index >= 15 is 0 Å². The minimum Gasteiger partial charge on any atom is -0.479 e. The molecule has 0 aromatic heterocycles. The molecular formula is C18H24FNO4. The number of hydrogen-bond donors (Lipinski definition) is 1. The lowest BCUT2D eigenvalue weighted by molar-refractivity contribution is -0.157. The molecule has 0 radical (unpaired) electrons. The predicted octanol–water partition coefficient (Wildman–Crippen LogP) is 2.83. The summed E-state index contributed by atoms with van der Waals surface area (Å²) in [7, 11) is 0. The highest BCUT2D eigenvalue weighted by molar-refractivity contribution is 5.83. The van der Waals surface area contributed by atoms with Crippen LogP contribution in [0.15, 0.2) is 24.3 Å². The van der Waals surface area contributed by atoms with Crippen molar-refractivity contribution in [2.24, 2.45) is 5.92 Å². The minimum absolute atomic E-state index is 0.0254. The van der Waals surface area contributed by atoms with Gasteiger partial charge in [-0.15, -0.1) is 0 Å². The van der Waals surface area contributed by atoms with Crippen LogP contribution in [-0.4, -0.2) is 30.6 Å². The number of nitrogens with one attached hydrogen (secondary N) is 1. The van der Waals surface area contributed by atoms with Crippen molar-refractivity contribution in [3.05, 3.63) is 30.1 Å². The fourth-order valence-electron chi connectivity index (χ4n) is 2.81. The molecule has 6 heteroatoms. The summed E-state index contributed by atoms with van der Waals surface area (Å²) in [6, 6.07) is 5.91. The third-order valence-electron chi connectivity index (χ3n) is 4.30. The monoisotopic (exact) mass is 337 g/mol. The zero-order valence-corrected chi connectivity index (χ0v) is 14.1. The zero-order valence-electron chi connectivity index (χ0n) is 14.1. The molecule has 1 aliphatic rings. The molecule has 1 fully saturated rings. The van der Waals surface area contributed by atoms with Gasteiger partial charge in [-0.2, -0.15) is 0 Å². The summed E-state index contributed by atoms with van der Waals surface area (Å²) in [6.45, 7) is 3.19. The van der Waals surface area contributed by atoms with Crippen molar-refractivity contribution in [1.29, 1.82) is 0 Å². The maximum Gasteiger partial charge on any atom is 0.344 e. The first-order chi connectivity index (χ1) is 11.5. The van der Waals surface area contributed by atoms with Gasteiger partial charge in [-0.3, -0.25) is 4.79 Å². The van der Waals surface area contributed by atoms with Crippen molar-refractivity contribution in [2.45, 2.75) is 51.7 Å². The van der Waals surface area contributed by atoms with Crippen LogP contribution in [-0.2, 0) is 14.3 Å². The average Bonchev–Trinajstić information content (AvgIpc) is 2.56. The second-order valence-corrected chi connectivity index (χ2v) is 6.23. The van der Waals surface area contributed by atoms with Gasteiger partial charge in [-0.05, 0) is 37.8 Å². The molecular weight excluding hydrogens is 313 g/mol. The number of amides is 1. The third kappa shape index (κ3) is 5.22. The van der Waals surface area contributed by atoms with Crippen molar-refractivity contribution < 1.29 is 23.5 Å². The predicted molar refractivity (Wildman–Crippen MR) is 87.0 cm³/mol. The molecule has 0 unspecified atom stereocenters. The van der Waals surface area contributed by atoms with Crippen LogP contribution in [0.4, 0.5) is 4.39 Å². The number of rotatable bonds is 6. The number of esters is 1. The zero-order chi connectivity index (χ0) is 17.5. The smallest absolute Gasteiger partial charge is 0.344 e. The first-order valence-electron chi connectivity index (χ1n) is 8.34. The highest BCUT2D eigenvalue weighted by atomic mass is 19.1. The van der Waals surface area contributed by atoms with Gasteiger partial charge >= 0.3 is 5.97 Å². The summed E-state index contributed by atoms with van der Waals surface area (Å²) in [5.41, 5.74) is 0. The van der Waals surface area contributed by atoms with Gasteiger partial charge in [-0.1, -0.05) is 31.9 Å². The van der Waals surface area contributed by atoms with Gasteiger partial charge in [0, 0.05) is 6.04 Å². The van der Waals surface area contributed by atoms with Crippen LogP contribution in [0.3, 0.4) is 0 Å². The number of benzene rings is 1. The van der Waals surface area contributed by atoms with Gasteiger partial charge < -0.3 is 14.8 Å². The Kier molecular flexibility index (Phi) is 6.58. The van der Waals surface area contributed by atoms with E-state index in [9.17, 15) is 14.0 Å². The molecule has 1 saturated carbocycles. The number of ether oxygens (including phenoxy) is 2. The Morgan fingerprint density at radius 2 is 2.00 bits per heavy atom. The Balaban J connectivity index is 1.76. The first-order valence-corrected chi connectivity index (χ1v) is 8.34. The van der Waals surface area contributed by atoms with E-state index in [1.54, 1.807) is 6.07 Å². The van der Waals surface area contributed by atoms with Crippen LogP contribution in [0.2, 0.25) is 0 Å². The fraction of sp³-hybridized carbons (Fsp3) is 0.556. The molecule has 0 aliphatic heterocycles. The third-order valence-corrected chi connectivity index (χ3v) is 4.30. The summed E-state index contributed by atoms with van der Waals surface area (Å²) >= 11 is 0. The van der Waals surface area contributed by atoms with Gasteiger partial charge in [0.25, 0.3) is 5.91 Å².